The third-order valence-corrected chi connectivity index (χ3v) is 2.49. The Kier molecular flexibility index (Phi) is 5.50. The van der Waals surface area contributed by atoms with E-state index in [0.717, 1.165) is 0 Å². The molecule has 0 atom stereocenters. The van der Waals surface area contributed by atoms with E-state index >= 15 is 0 Å². The van der Waals surface area contributed by atoms with Crippen molar-refractivity contribution in [3.63, 3.8) is 0 Å². The summed E-state index contributed by atoms with van der Waals surface area (Å²) in [7, 11) is 1.19. The van der Waals surface area contributed by atoms with Crippen molar-refractivity contribution in [2.45, 2.75) is 6.43 Å². The fraction of sp³-hybridized carbons (Fsp3) is 0.417. The fourth-order valence-electron chi connectivity index (χ4n) is 1.70. The summed E-state index contributed by atoms with van der Waals surface area (Å²) in [6.45, 7) is -0.912. The van der Waals surface area contributed by atoms with Gasteiger partial charge in [-0.1, -0.05) is 0 Å². The van der Waals surface area contributed by atoms with Gasteiger partial charge in [0.15, 0.2) is 0 Å². The van der Waals surface area contributed by atoms with Crippen LogP contribution in [0.15, 0.2) is 18.2 Å². The first-order valence-corrected chi connectivity index (χ1v) is 5.61. The molecule has 1 aromatic rings. The number of hydrogen-bond acceptors (Lipinski definition) is 5. The van der Waals surface area contributed by atoms with Crippen LogP contribution in [-0.2, 0) is 4.74 Å². The number of rotatable bonds is 6. The molecule has 0 saturated heterocycles. The molecule has 0 aliphatic heterocycles. The molecule has 1 rings (SSSR count). The number of ether oxygens (including phenoxy) is 1. The second kappa shape index (κ2) is 6.89. The Morgan fingerprint density at radius 3 is 2.74 bits per heavy atom. The van der Waals surface area contributed by atoms with Crippen LogP contribution in [0.25, 0.3) is 0 Å². The Balaban J connectivity index is 3.17. The van der Waals surface area contributed by atoms with Crippen LogP contribution < -0.4 is 10.6 Å². The van der Waals surface area contributed by atoms with Crippen LogP contribution in [0, 0.1) is 0 Å². The molecular weight excluding hydrogens is 258 g/mol. The summed E-state index contributed by atoms with van der Waals surface area (Å²) in [5.41, 5.74) is 6.25. The van der Waals surface area contributed by atoms with Crippen molar-refractivity contribution < 1.29 is 23.4 Å². The van der Waals surface area contributed by atoms with Crippen LogP contribution in [0.2, 0.25) is 0 Å². The van der Waals surface area contributed by atoms with Crippen molar-refractivity contribution in [3.8, 4) is 0 Å². The molecule has 0 spiro atoms. The van der Waals surface area contributed by atoms with Crippen LogP contribution in [0.5, 0.6) is 0 Å². The predicted molar refractivity (Wildman–Crippen MR) is 67.5 cm³/mol. The number of methoxy groups -OCH3 is 1. The number of aliphatic hydroxyl groups is 1. The molecule has 1 aromatic carbocycles. The van der Waals surface area contributed by atoms with E-state index in [-0.39, 0.29) is 24.4 Å². The van der Waals surface area contributed by atoms with E-state index in [2.05, 4.69) is 4.74 Å². The van der Waals surface area contributed by atoms with Gasteiger partial charge in [0.2, 0.25) is 0 Å². The minimum absolute atomic E-state index is 0.0156. The topological polar surface area (TPSA) is 75.8 Å². The molecule has 0 aliphatic rings. The molecule has 0 amide bonds. The molecule has 0 aromatic heterocycles. The lowest BCUT2D eigenvalue weighted by atomic mass is 10.1. The minimum atomic E-state index is -2.59. The number of anilines is 2. The molecule has 0 heterocycles. The summed E-state index contributed by atoms with van der Waals surface area (Å²) in [6, 6.07) is 4.31. The maximum absolute atomic E-state index is 12.5. The Morgan fingerprint density at radius 1 is 1.53 bits per heavy atom. The van der Waals surface area contributed by atoms with E-state index in [1.165, 1.54) is 30.2 Å². The van der Waals surface area contributed by atoms with E-state index in [1.54, 1.807) is 0 Å². The van der Waals surface area contributed by atoms with Gasteiger partial charge in [-0.15, -0.1) is 0 Å². The lowest BCUT2D eigenvalue weighted by Crippen LogP contribution is -2.33. The van der Waals surface area contributed by atoms with E-state index in [9.17, 15) is 13.6 Å². The highest BCUT2D eigenvalue weighted by molar-refractivity contribution is 5.97. The van der Waals surface area contributed by atoms with Crippen molar-refractivity contribution >= 4 is 17.3 Å². The third kappa shape index (κ3) is 4.06. The smallest absolute Gasteiger partial charge is 0.340 e. The summed E-state index contributed by atoms with van der Waals surface area (Å²) in [4.78, 5) is 12.8. The van der Waals surface area contributed by atoms with Gasteiger partial charge < -0.3 is 20.5 Å². The molecule has 19 heavy (non-hydrogen) atoms. The Hall–Kier alpha value is -1.89. The highest BCUT2D eigenvalue weighted by Gasteiger charge is 2.20. The highest BCUT2D eigenvalue weighted by Crippen LogP contribution is 2.24. The average molecular weight is 274 g/mol. The number of carbonyl (C=O) groups is 1. The molecule has 0 radical (unpaired) electrons. The fourth-order valence-corrected chi connectivity index (χ4v) is 1.70. The number of nitrogens with zero attached hydrogens (tertiary/aromatic N) is 1. The summed E-state index contributed by atoms with van der Waals surface area (Å²) in [5.74, 6) is -0.667. The second-order valence-electron chi connectivity index (χ2n) is 3.83. The number of carbonyl (C=O) groups excluding carboxylic acids is 1. The maximum Gasteiger partial charge on any atom is 0.340 e. The van der Waals surface area contributed by atoms with Gasteiger partial charge in [0.25, 0.3) is 6.43 Å². The normalized spacial score (nSPS) is 10.6. The number of benzene rings is 1. The summed E-state index contributed by atoms with van der Waals surface area (Å²) >= 11 is 0. The maximum atomic E-state index is 12.5. The van der Waals surface area contributed by atoms with Gasteiger partial charge in [-0.25, -0.2) is 13.6 Å². The Bertz CT molecular complexity index is 441. The highest BCUT2D eigenvalue weighted by atomic mass is 19.3. The van der Waals surface area contributed by atoms with Crippen molar-refractivity contribution in [2.24, 2.45) is 0 Å². The number of nitrogen functional groups attached to an aromatic ring is 1. The van der Waals surface area contributed by atoms with Gasteiger partial charge >= 0.3 is 5.97 Å². The van der Waals surface area contributed by atoms with Gasteiger partial charge in [-0.3, -0.25) is 0 Å². The molecular formula is C12H16F2N2O3. The van der Waals surface area contributed by atoms with Crippen molar-refractivity contribution in [1.82, 2.24) is 0 Å². The third-order valence-electron chi connectivity index (χ3n) is 2.49. The molecule has 0 bridgehead atoms. The molecule has 0 saturated carbocycles. The number of esters is 1. The van der Waals surface area contributed by atoms with E-state index in [4.69, 9.17) is 10.8 Å². The van der Waals surface area contributed by atoms with Gasteiger partial charge in [0.1, 0.15) is 0 Å². The van der Waals surface area contributed by atoms with E-state index < -0.39 is 18.9 Å². The SMILES string of the molecule is COC(=O)c1cc(N)ccc1N(CCO)CC(F)F. The molecule has 106 valence electrons. The largest absolute Gasteiger partial charge is 0.465 e. The van der Waals surface area contributed by atoms with E-state index in [0.29, 0.717) is 5.69 Å². The zero-order chi connectivity index (χ0) is 14.4. The van der Waals surface area contributed by atoms with Crippen LogP contribution in [0.3, 0.4) is 0 Å². The lowest BCUT2D eigenvalue weighted by Gasteiger charge is -2.25. The molecule has 3 N–H and O–H groups in total. The first-order valence-electron chi connectivity index (χ1n) is 5.61. The number of nitrogens with two attached hydrogens (primary N) is 1. The summed E-state index contributed by atoms with van der Waals surface area (Å²) < 4.78 is 29.6. The van der Waals surface area contributed by atoms with Gasteiger partial charge in [0, 0.05) is 12.2 Å². The van der Waals surface area contributed by atoms with Crippen molar-refractivity contribution in [1.29, 1.82) is 0 Å². The number of halogens is 2. The first-order chi connectivity index (χ1) is 8.99. The molecule has 7 heteroatoms. The molecule has 0 aliphatic carbocycles. The lowest BCUT2D eigenvalue weighted by molar-refractivity contribution is 0.0600. The summed E-state index contributed by atoms with van der Waals surface area (Å²) in [6.07, 6.45) is -2.59. The minimum Gasteiger partial charge on any atom is -0.465 e. The van der Waals surface area contributed by atoms with Gasteiger partial charge in [-0.2, -0.15) is 0 Å². The number of hydrogen-bond donors (Lipinski definition) is 2. The average Bonchev–Trinajstić information content (AvgIpc) is 2.36. The summed E-state index contributed by atoms with van der Waals surface area (Å²) in [5, 5.41) is 8.92. The second-order valence-corrected chi connectivity index (χ2v) is 3.83. The van der Waals surface area contributed by atoms with Crippen LogP contribution in [0.4, 0.5) is 20.2 Å². The van der Waals surface area contributed by atoms with Crippen molar-refractivity contribution in [3.05, 3.63) is 23.8 Å². The van der Waals surface area contributed by atoms with Gasteiger partial charge in [0.05, 0.1) is 31.5 Å². The monoisotopic (exact) mass is 274 g/mol. The molecule has 0 fully saturated rings. The van der Waals surface area contributed by atoms with E-state index in [1.807, 2.05) is 0 Å². The van der Waals surface area contributed by atoms with Crippen LogP contribution >= 0.6 is 0 Å². The molecule has 5 nitrogen and oxygen atoms in total. The number of aliphatic hydroxyl groups excluding tert-OH is 1. The number of alkyl halides is 2. The zero-order valence-corrected chi connectivity index (χ0v) is 10.5. The first kappa shape index (κ1) is 15.2. The molecule has 0 unspecified atom stereocenters. The van der Waals surface area contributed by atoms with Crippen LogP contribution in [-0.4, -0.2) is 44.3 Å². The van der Waals surface area contributed by atoms with Crippen LogP contribution in [0.1, 0.15) is 10.4 Å². The predicted octanol–water partition coefficient (Wildman–Crippen LogP) is 1.12. The van der Waals surface area contributed by atoms with Gasteiger partial charge in [-0.05, 0) is 18.2 Å². The standard InChI is InChI=1S/C12H16F2N2O3/c1-19-12(18)9-6-8(15)2-3-10(9)16(4-5-17)7-11(13)14/h2-3,6,11,17H,4-5,7,15H2,1H3. The zero-order valence-electron chi connectivity index (χ0n) is 10.5. The van der Waals surface area contributed by atoms with Crippen molar-refractivity contribution in [2.75, 3.05) is 37.4 Å². The Labute approximate surface area is 109 Å². The Morgan fingerprint density at radius 2 is 2.21 bits per heavy atom. The quantitative estimate of drug-likeness (QED) is 0.600.